The highest BCUT2D eigenvalue weighted by atomic mass is 16.3. The number of allylic oxidation sites excluding steroid dienone is 1. The number of aliphatic hydroxyl groups excluding tert-OH is 2. The van der Waals surface area contributed by atoms with Gasteiger partial charge in [0.1, 0.15) is 5.78 Å². The average Bonchev–Trinajstić information content (AvgIpc) is 2.78. The molecule has 138 valence electrons. The first-order valence-electron chi connectivity index (χ1n) is 9.79. The van der Waals surface area contributed by atoms with E-state index in [1.807, 2.05) is 6.08 Å². The molecule has 0 saturated heterocycles. The van der Waals surface area contributed by atoms with Gasteiger partial charge >= 0.3 is 0 Å². The average molecular weight is 346 g/mol. The highest BCUT2D eigenvalue weighted by Crippen LogP contribution is 2.66. The minimum atomic E-state index is -0.472. The molecule has 4 nitrogen and oxygen atoms in total. The number of carbonyl (C=O) groups is 2. The molecule has 8 atom stereocenters. The van der Waals surface area contributed by atoms with E-state index in [1.54, 1.807) is 6.92 Å². The van der Waals surface area contributed by atoms with E-state index in [0.29, 0.717) is 19.3 Å². The topological polar surface area (TPSA) is 74.6 Å². The summed E-state index contributed by atoms with van der Waals surface area (Å²) in [7, 11) is 0. The quantitative estimate of drug-likeness (QED) is 0.765. The standard InChI is InChI=1S/C21H30O4/c1-11(22)15-9-16(24)18-14-5-4-12-8-13(23)6-7-20(12,2)19(14)17(25)10-21(15,18)3/h8,14-19,24-25H,4-7,9-10H2,1-3H3/t14-,15+,16-,17-,18+,19+,20-,21+/m0/s1. The highest BCUT2D eigenvalue weighted by molar-refractivity contribution is 5.91. The molecule has 2 N–H and O–H groups in total. The van der Waals surface area contributed by atoms with Crippen LogP contribution in [0.4, 0.5) is 0 Å². The second-order valence-electron chi connectivity index (χ2n) is 9.55. The Hall–Kier alpha value is -1.00. The van der Waals surface area contributed by atoms with Gasteiger partial charge in [-0.25, -0.2) is 0 Å². The molecular weight excluding hydrogens is 316 g/mol. The van der Waals surface area contributed by atoms with Crippen LogP contribution in [-0.2, 0) is 9.59 Å². The number of ketones is 2. The molecule has 4 heteroatoms. The Kier molecular flexibility index (Phi) is 3.83. The smallest absolute Gasteiger partial charge is 0.155 e. The van der Waals surface area contributed by atoms with Crippen LogP contribution in [-0.4, -0.2) is 34.0 Å². The Labute approximate surface area is 149 Å². The van der Waals surface area contributed by atoms with Gasteiger partial charge in [-0.2, -0.15) is 0 Å². The maximum absolute atomic E-state index is 12.2. The first-order valence-corrected chi connectivity index (χ1v) is 9.79. The van der Waals surface area contributed by atoms with Gasteiger partial charge in [-0.1, -0.05) is 19.4 Å². The first-order chi connectivity index (χ1) is 11.7. The summed E-state index contributed by atoms with van der Waals surface area (Å²) in [5.74, 6) is 0.577. The minimum Gasteiger partial charge on any atom is -0.393 e. The van der Waals surface area contributed by atoms with Crippen LogP contribution in [0.2, 0.25) is 0 Å². The Morgan fingerprint density at radius 2 is 1.88 bits per heavy atom. The molecule has 0 aromatic heterocycles. The Morgan fingerprint density at radius 3 is 2.56 bits per heavy atom. The summed E-state index contributed by atoms with van der Waals surface area (Å²) in [6.07, 6.45) is 5.13. The number of Topliss-reactive ketones (excluding diaryl/α,β-unsaturated/α-hetero) is 1. The molecule has 0 aliphatic heterocycles. The Balaban J connectivity index is 1.76. The van der Waals surface area contributed by atoms with Crippen LogP contribution < -0.4 is 0 Å². The molecule has 3 saturated carbocycles. The lowest BCUT2D eigenvalue weighted by atomic mass is 9.45. The number of hydrogen-bond donors (Lipinski definition) is 2. The van der Waals surface area contributed by atoms with Crippen molar-refractivity contribution in [3.05, 3.63) is 11.6 Å². The van der Waals surface area contributed by atoms with Gasteiger partial charge in [0.15, 0.2) is 5.78 Å². The summed E-state index contributed by atoms with van der Waals surface area (Å²) in [4.78, 5) is 24.1. The summed E-state index contributed by atoms with van der Waals surface area (Å²) >= 11 is 0. The summed E-state index contributed by atoms with van der Waals surface area (Å²) in [6.45, 7) is 5.94. The lowest BCUT2D eigenvalue weighted by Crippen LogP contribution is -2.58. The fraction of sp³-hybridized carbons (Fsp3) is 0.810. The van der Waals surface area contributed by atoms with Crippen LogP contribution in [0.15, 0.2) is 11.6 Å². The summed E-state index contributed by atoms with van der Waals surface area (Å²) in [5, 5.41) is 22.0. The van der Waals surface area contributed by atoms with Crippen molar-refractivity contribution < 1.29 is 19.8 Å². The van der Waals surface area contributed by atoms with Crippen LogP contribution in [0.1, 0.15) is 59.3 Å². The zero-order valence-electron chi connectivity index (χ0n) is 15.5. The second-order valence-corrected chi connectivity index (χ2v) is 9.55. The van der Waals surface area contributed by atoms with Gasteiger partial charge in [0, 0.05) is 12.3 Å². The largest absolute Gasteiger partial charge is 0.393 e. The zero-order valence-corrected chi connectivity index (χ0v) is 15.5. The molecule has 4 aliphatic carbocycles. The third kappa shape index (κ3) is 2.26. The Bertz CT molecular complexity index is 652. The van der Waals surface area contributed by atoms with Crippen molar-refractivity contribution in [3.8, 4) is 0 Å². The number of hydrogen-bond acceptors (Lipinski definition) is 4. The van der Waals surface area contributed by atoms with Gasteiger partial charge in [0.05, 0.1) is 12.2 Å². The highest BCUT2D eigenvalue weighted by Gasteiger charge is 2.65. The van der Waals surface area contributed by atoms with Crippen LogP contribution in [0.25, 0.3) is 0 Å². The fourth-order valence-corrected chi connectivity index (χ4v) is 7.39. The number of rotatable bonds is 1. The van der Waals surface area contributed by atoms with E-state index in [0.717, 1.165) is 19.3 Å². The molecule has 0 aromatic carbocycles. The monoisotopic (exact) mass is 346 g/mol. The molecule has 0 spiro atoms. The van der Waals surface area contributed by atoms with E-state index >= 15 is 0 Å². The van der Waals surface area contributed by atoms with Gasteiger partial charge in [0.2, 0.25) is 0 Å². The van der Waals surface area contributed by atoms with E-state index in [4.69, 9.17) is 0 Å². The van der Waals surface area contributed by atoms with Gasteiger partial charge < -0.3 is 10.2 Å². The summed E-state index contributed by atoms with van der Waals surface area (Å²) in [6, 6.07) is 0. The van der Waals surface area contributed by atoms with E-state index in [2.05, 4.69) is 13.8 Å². The van der Waals surface area contributed by atoms with Crippen LogP contribution in [0.3, 0.4) is 0 Å². The second kappa shape index (κ2) is 5.50. The molecule has 0 aromatic rings. The normalized spacial score (nSPS) is 52.0. The summed E-state index contributed by atoms with van der Waals surface area (Å²) < 4.78 is 0. The van der Waals surface area contributed by atoms with E-state index < -0.39 is 12.2 Å². The SMILES string of the molecule is CC(=O)[C@H]1C[C@H](O)[C@H]2[C@@H]3CCC4=CC(=O)CC[C@]4(C)[C@H]3[C@@H](O)C[C@@]21C. The predicted octanol–water partition coefficient (Wildman–Crippen LogP) is 2.67. The van der Waals surface area contributed by atoms with Gasteiger partial charge in [0.25, 0.3) is 0 Å². The van der Waals surface area contributed by atoms with Crippen molar-refractivity contribution in [2.75, 3.05) is 0 Å². The fourth-order valence-electron chi connectivity index (χ4n) is 7.39. The van der Waals surface area contributed by atoms with Crippen molar-refractivity contribution >= 4 is 11.6 Å². The minimum absolute atomic E-state index is 0.0748. The van der Waals surface area contributed by atoms with Crippen molar-refractivity contribution in [2.45, 2.75) is 71.5 Å². The first kappa shape index (κ1) is 17.4. The molecule has 4 rings (SSSR count). The Morgan fingerprint density at radius 1 is 1.16 bits per heavy atom. The lowest BCUT2D eigenvalue weighted by Gasteiger charge is -2.60. The molecular formula is C21H30O4. The predicted molar refractivity (Wildman–Crippen MR) is 93.7 cm³/mol. The van der Waals surface area contributed by atoms with Crippen molar-refractivity contribution in [1.29, 1.82) is 0 Å². The molecule has 0 amide bonds. The molecule has 4 aliphatic rings. The molecule has 0 heterocycles. The van der Waals surface area contributed by atoms with E-state index in [9.17, 15) is 19.8 Å². The lowest BCUT2D eigenvalue weighted by molar-refractivity contribution is -0.151. The van der Waals surface area contributed by atoms with E-state index in [-0.39, 0.29) is 46.1 Å². The number of aliphatic hydroxyl groups is 2. The zero-order chi connectivity index (χ0) is 18.1. The molecule has 0 unspecified atom stereocenters. The maximum atomic E-state index is 12.2. The summed E-state index contributed by atoms with van der Waals surface area (Å²) in [5.41, 5.74) is 0.739. The van der Waals surface area contributed by atoms with Crippen molar-refractivity contribution in [3.63, 3.8) is 0 Å². The maximum Gasteiger partial charge on any atom is 0.155 e. The molecule has 25 heavy (non-hydrogen) atoms. The van der Waals surface area contributed by atoms with Crippen molar-refractivity contribution in [2.24, 2.45) is 34.5 Å². The van der Waals surface area contributed by atoms with Gasteiger partial charge in [-0.3, -0.25) is 9.59 Å². The number of fused-ring (bicyclic) bond motifs is 5. The van der Waals surface area contributed by atoms with Crippen LogP contribution >= 0.6 is 0 Å². The molecule has 3 fully saturated rings. The number of carbonyl (C=O) groups excluding carboxylic acids is 2. The molecule has 0 bridgehead atoms. The molecule has 0 radical (unpaired) electrons. The third-order valence-electron chi connectivity index (χ3n) is 8.37. The van der Waals surface area contributed by atoms with Crippen LogP contribution in [0, 0.1) is 34.5 Å². The van der Waals surface area contributed by atoms with Crippen molar-refractivity contribution in [1.82, 2.24) is 0 Å². The third-order valence-corrected chi connectivity index (χ3v) is 8.37. The van der Waals surface area contributed by atoms with E-state index in [1.165, 1.54) is 5.57 Å². The van der Waals surface area contributed by atoms with Gasteiger partial charge in [-0.15, -0.1) is 0 Å². The van der Waals surface area contributed by atoms with Crippen LogP contribution in [0.5, 0.6) is 0 Å². The van der Waals surface area contributed by atoms with Gasteiger partial charge in [-0.05, 0) is 73.7 Å².